The van der Waals surface area contributed by atoms with Crippen molar-refractivity contribution in [2.75, 3.05) is 17.1 Å². The first-order valence-electron chi connectivity index (χ1n) is 11.0. The molecule has 1 N–H and O–H groups in total. The van der Waals surface area contributed by atoms with E-state index in [-0.39, 0.29) is 12.5 Å². The fraction of sp³-hybridized carbons (Fsp3) is 0.440. The predicted octanol–water partition coefficient (Wildman–Crippen LogP) is 4.05. The maximum Gasteiger partial charge on any atom is 0.244 e. The van der Waals surface area contributed by atoms with Crippen LogP contribution in [0.1, 0.15) is 44.4 Å². The molecule has 0 heterocycles. The predicted molar refractivity (Wildman–Crippen MR) is 137 cm³/mol. The highest BCUT2D eigenvalue weighted by molar-refractivity contribution is 7.92. The van der Waals surface area contributed by atoms with E-state index in [0.29, 0.717) is 16.3 Å². The molecule has 0 aromatic heterocycles. The van der Waals surface area contributed by atoms with Crippen LogP contribution in [0.25, 0.3) is 0 Å². The Kier molecular flexibility index (Phi) is 8.77. The molecule has 2 rings (SSSR count). The van der Waals surface area contributed by atoms with E-state index in [9.17, 15) is 18.0 Å². The van der Waals surface area contributed by atoms with Gasteiger partial charge in [0.2, 0.25) is 21.8 Å². The Morgan fingerprint density at radius 1 is 1.06 bits per heavy atom. The Bertz CT molecular complexity index is 1160. The van der Waals surface area contributed by atoms with Crippen molar-refractivity contribution in [1.82, 2.24) is 10.2 Å². The number of carbonyl (C=O) groups excluding carboxylic acids is 2. The number of amides is 2. The summed E-state index contributed by atoms with van der Waals surface area (Å²) < 4.78 is 26.4. The third-order valence-corrected chi connectivity index (χ3v) is 6.74. The summed E-state index contributed by atoms with van der Waals surface area (Å²) >= 11 is 6.04. The zero-order valence-corrected chi connectivity index (χ0v) is 22.4. The molecule has 0 spiro atoms. The number of hydrogen-bond acceptors (Lipinski definition) is 4. The van der Waals surface area contributed by atoms with Crippen LogP contribution < -0.4 is 9.62 Å². The summed E-state index contributed by atoms with van der Waals surface area (Å²) in [4.78, 5) is 28.0. The second-order valence-corrected chi connectivity index (χ2v) is 11.9. The second-order valence-electron chi connectivity index (χ2n) is 9.56. The van der Waals surface area contributed by atoms with E-state index in [1.807, 2.05) is 52.0 Å². The highest BCUT2D eigenvalue weighted by atomic mass is 35.5. The van der Waals surface area contributed by atoms with E-state index in [0.717, 1.165) is 21.7 Å². The van der Waals surface area contributed by atoms with Gasteiger partial charge in [-0.2, -0.15) is 0 Å². The van der Waals surface area contributed by atoms with Crippen LogP contribution in [0.3, 0.4) is 0 Å². The minimum Gasteiger partial charge on any atom is -0.350 e. The van der Waals surface area contributed by atoms with Crippen LogP contribution >= 0.6 is 11.6 Å². The van der Waals surface area contributed by atoms with Crippen molar-refractivity contribution in [2.45, 2.75) is 59.7 Å². The summed E-state index contributed by atoms with van der Waals surface area (Å²) in [5.41, 5.74) is 2.34. The fourth-order valence-electron chi connectivity index (χ4n) is 3.52. The van der Waals surface area contributed by atoms with Crippen molar-refractivity contribution in [2.24, 2.45) is 0 Å². The first-order chi connectivity index (χ1) is 15.6. The average molecular weight is 508 g/mol. The third kappa shape index (κ3) is 7.46. The molecule has 0 bridgehead atoms. The van der Waals surface area contributed by atoms with Crippen molar-refractivity contribution < 1.29 is 18.0 Å². The van der Waals surface area contributed by atoms with Crippen molar-refractivity contribution in [3.8, 4) is 0 Å². The SMILES string of the molecule is Cc1ccccc1CN(C(=O)CN(c1ccc(Cl)cc1C)S(C)(=O)=O)[C@H](C)C(=O)NC(C)(C)C. The van der Waals surface area contributed by atoms with Gasteiger partial charge in [-0.3, -0.25) is 13.9 Å². The molecule has 0 aliphatic carbocycles. The third-order valence-electron chi connectivity index (χ3n) is 5.37. The number of carbonyl (C=O) groups is 2. The first kappa shape index (κ1) is 27.7. The molecule has 0 radical (unpaired) electrons. The number of sulfonamides is 1. The van der Waals surface area contributed by atoms with Crippen molar-refractivity contribution >= 4 is 39.1 Å². The molecule has 0 aliphatic heterocycles. The van der Waals surface area contributed by atoms with Gasteiger partial charge in [-0.05, 0) is 76.4 Å². The molecule has 2 aromatic carbocycles. The van der Waals surface area contributed by atoms with Gasteiger partial charge in [0.05, 0.1) is 11.9 Å². The van der Waals surface area contributed by atoms with Gasteiger partial charge < -0.3 is 10.2 Å². The van der Waals surface area contributed by atoms with Gasteiger partial charge in [0.15, 0.2) is 0 Å². The van der Waals surface area contributed by atoms with E-state index in [1.165, 1.54) is 4.90 Å². The highest BCUT2D eigenvalue weighted by Gasteiger charge is 2.32. The lowest BCUT2D eigenvalue weighted by Gasteiger charge is -2.33. The Balaban J connectivity index is 2.45. The summed E-state index contributed by atoms with van der Waals surface area (Å²) in [5, 5.41) is 3.37. The fourth-order valence-corrected chi connectivity index (χ4v) is 4.65. The van der Waals surface area contributed by atoms with Gasteiger partial charge in [-0.25, -0.2) is 8.42 Å². The Morgan fingerprint density at radius 3 is 2.21 bits per heavy atom. The van der Waals surface area contributed by atoms with Crippen molar-refractivity contribution in [3.05, 3.63) is 64.2 Å². The minimum absolute atomic E-state index is 0.168. The van der Waals surface area contributed by atoms with Crippen LogP contribution in [0.2, 0.25) is 5.02 Å². The number of hydrogen-bond donors (Lipinski definition) is 1. The van der Waals surface area contributed by atoms with E-state index in [4.69, 9.17) is 11.6 Å². The Morgan fingerprint density at radius 2 is 1.68 bits per heavy atom. The Hall–Kier alpha value is -2.58. The average Bonchev–Trinajstić information content (AvgIpc) is 2.69. The molecule has 0 saturated carbocycles. The second kappa shape index (κ2) is 10.8. The molecule has 7 nitrogen and oxygen atoms in total. The maximum absolute atomic E-state index is 13.6. The largest absolute Gasteiger partial charge is 0.350 e. The lowest BCUT2D eigenvalue weighted by Crippen LogP contribution is -2.54. The summed E-state index contributed by atoms with van der Waals surface area (Å²) in [6, 6.07) is 11.6. The van der Waals surface area contributed by atoms with E-state index in [1.54, 1.807) is 32.0 Å². The maximum atomic E-state index is 13.6. The molecule has 1 atom stereocenters. The highest BCUT2D eigenvalue weighted by Crippen LogP contribution is 2.26. The number of benzene rings is 2. The molecule has 2 aromatic rings. The number of anilines is 1. The first-order valence-corrected chi connectivity index (χ1v) is 13.2. The number of aryl methyl sites for hydroxylation is 2. The summed E-state index contributed by atoms with van der Waals surface area (Å²) in [7, 11) is -3.80. The number of nitrogens with one attached hydrogen (secondary N) is 1. The monoisotopic (exact) mass is 507 g/mol. The summed E-state index contributed by atoms with van der Waals surface area (Å²) in [6.45, 7) is 10.6. The molecule has 34 heavy (non-hydrogen) atoms. The van der Waals surface area contributed by atoms with Crippen molar-refractivity contribution in [1.29, 1.82) is 0 Å². The van der Waals surface area contributed by atoms with Crippen molar-refractivity contribution in [3.63, 3.8) is 0 Å². The molecule has 2 amide bonds. The minimum atomic E-state index is -3.80. The van der Waals surface area contributed by atoms with E-state index in [2.05, 4.69) is 5.32 Å². The number of nitrogens with zero attached hydrogens (tertiary/aromatic N) is 2. The molecule has 186 valence electrons. The zero-order chi connectivity index (χ0) is 25.8. The number of halogens is 1. The molecule has 0 fully saturated rings. The quantitative estimate of drug-likeness (QED) is 0.583. The van der Waals surface area contributed by atoms with Crippen LogP contribution in [-0.2, 0) is 26.2 Å². The van der Waals surface area contributed by atoms with Gasteiger partial charge in [-0.1, -0.05) is 35.9 Å². The topological polar surface area (TPSA) is 86.8 Å². The molecule has 9 heteroatoms. The van der Waals surface area contributed by atoms with Crippen LogP contribution in [0, 0.1) is 13.8 Å². The summed E-state index contributed by atoms with van der Waals surface area (Å²) in [6.07, 6.45) is 1.05. The number of rotatable bonds is 8. The van der Waals surface area contributed by atoms with Gasteiger partial charge in [0, 0.05) is 17.1 Å². The van der Waals surface area contributed by atoms with Gasteiger partial charge >= 0.3 is 0 Å². The van der Waals surface area contributed by atoms with Crippen LogP contribution in [-0.4, -0.2) is 49.5 Å². The van der Waals surface area contributed by atoms with Gasteiger partial charge in [0.1, 0.15) is 12.6 Å². The van der Waals surface area contributed by atoms with Crippen LogP contribution in [0.4, 0.5) is 5.69 Å². The van der Waals surface area contributed by atoms with Crippen LogP contribution in [0.15, 0.2) is 42.5 Å². The molecule has 0 aliphatic rings. The van der Waals surface area contributed by atoms with E-state index < -0.39 is 34.1 Å². The lowest BCUT2D eigenvalue weighted by atomic mass is 10.1. The van der Waals surface area contributed by atoms with E-state index >= 15 is 0 Å². The molecular formula is C25H34ClN3O4S. The zero-order valence-electron chi connectivity index (χ0n) is 20.8. The van der Waals surface area contributed by atoms with Crippen LogP contribution in [0.5, 0.6) is 0 Å². The standard InChI is InChI=1S/C25H34ClN3O4S/c1-17-10-8-9-11-20(17)15-28(19(3)24(31)27-25(4,5)6)23(30)16-29(34(7,32)33)22-13-12-21(26)14-18(22)2/h8-14,19H,15-16H2,1-7H3,(H,27,31)/t19-/m1/s1. The van der Waals surface area contributed by atoms with Gasteiger partial charge in [0.25, 0.3) is 0 Å². The Labute approximate surface area is 208 Å². The normalized spacial score (nSPS) is 12.7. The molecule has 0 unspecified atom stereocenters. The molecule has 0 saturated heterocycles. The molecular weight excluding hydrogens is 474 g/mol. The summed E-state index contributed by atoms with van der Waals surface area (Å²) in [5.74, 6) is -0.803. The lowest BCUT2D eigenvalue weighted by molar-refractivity contribution is -0.140. The smallest absolute Gasteiger partial charge is 0.244 e. The van der Waals surface area contributed by atoms with Gasteiger partial charge in [-0.15, -0.1) is 0 Å².